The highest BCUT2D eigenvalue weighted by Gasteiger charge is 1.91. The first kappa shape index (κ1) is 6.88. The van der Waals surface area contributed by atoms with Gasteiger partial charge in [-0.25, -0.2) is 0 Å². The first-order chi connectivity index (χ1) is 4.34. The summed E-state index contributed by atoms with van der Waals surface area (Å²) in [5.41, 5.74) is 1.37. The standard InChI is InChI=1S/C7H8BBr/c8-5-6-3-1-2-4-7(6)9/h1-4H,5,8H2. The third-order valence-electron chi connectivity index (χ3n) is 1.34. The molecule has 0 aliphatic carbocycles. The number of halogens is 1. The first-order valence-electron chi connectivity index (χ1n) is 3.08. The Morgan fingerprint density at radius 1 is 1.33 bits per heavy atom. The lowest BCUT2D eigenvalue weighted by atomic mass is 9.97. The van der Waals surface area contributed by atoms with Crippen LogP contribution in [0.1, 0.15) is 5.56 Å². The minimum absolute atomic E-state index is 1.10. The second-order valence-electron chi connectivity index (χ2n) is 1.94. The molecule has 0 aliphatic rings. The maximum absolute atomic E-state index is 3.46. The molecule has 1 rings (SSSR count). The van der Waals surface area contributed by atoms with Crippen LogP contribution in [0, 0.1) is 0 Å². The van der Waals surface area contributed by atoms with Crippen LogP contribution < -0.4 is 0 Å². The van der Waals surface area contributed by atoms with Crippen LogP contribution >= 0.6 is 15.9 Å². The second kappa shape index (κ2) is 3.07. The van der Waals surface area contributed by atoms with Gasteiger partial charge in [0.25, 0.3) is 0 Å². The summed E-state index contributed by atoms with van der Waals surface area (Å²) in [7, 11) is 2.15. The summed E-state index contributed by atoms with van der Waals surface area (Å²) in [6.45, 7) is 0. The molecule has 1 aromatic rings. The number of rotatable bonds is 1. The molecular formula is C7H8BBr. The van der Waals surface area contributed by atoms with Crippen molar-refractivity contribution in [1.29, 1.82) is 0 Å². The van der Waals surface area contributed by atoms with E-state index in [4.69, 9.17) is 0 Å². The van der Waals surface area contributed by atoms with Gasteiger partial charge >= 0.3 is 0 Å². The molecule has 0 spiro atoms. The Balaban J connectivity index is 3.01. The average Bonchev–Trinajstić information content (AvgIpc) is 1.89. The van der Waals surface area contributed by atoms with Crippen LogP contribution in [0.15, 0.2) is 28.7 Å². The maximum Gasteiger partial charge on any atom is 0.107 e. The third-order valence-corrected chi connectivity index (χ3v) is 2.11. The van der Waals surface area contributed by atoms with Crippen LogP contribution in [-0.2, 0) is 6.32 Å². The zero-order chi connectivity index (χ0) is 6.69. The molecule has 0 saturated heterocycles. The number of benzene rings is 1. The third kappa shape index (κ3) is 1.58. The van der Waals surface area contributed by atoms with E-state index < -0.39 is 0 Å². The number of hydrogen-bond acceptors (Lipinski definition) is 0. The zero-order valence-electron chi connectivity index (χ0n) is 5.39. The molecule has 0 atom stereocenters. The Morgan fingerprint density at radius 3 is 2.44 bits per heavy atom. The predicted molar refractivity (Wildman–Crippen MR) is 46.4 cm³/mol. The Morgan fingerprint density at radius 2 is 2.00 bits per heavy atom. The van der Waals surface area contributed by atoms with Crippen molar-refractivity contribution in [3.63, 3.8) is 0 Å². The van der Waals surface area contributed by atoms with E-state index in [1.807, 2.05) is 6.07 Å². The molecule has 2 heteroatoms. The Hall–Kier alpha value is -0.235. The zero-order valence-corrected chi connectivity index (χ0v) is 6.98. The summed E-state index contributed by atoms with van der Waals surface area (Å²) in [6, 6.07) is 8.29. The Labute approximate surface area is 64.8 Å². The van der Waals surface area contributed by atoms with Gasteiger partial charge in [0.1, 0.15) is 7.85 Å². The summed E-state index contributed by atoms with van der Waals surface area (Å²) >= 11 is 3.46. The Kier molecular flexibility index (Phi) is 2.34. The van der Waals surface area contributed by atoms with Gasteiger partial charge in [0.2, 0.25) is 0 Å². The van der Waals surface area contributed by atoms with Gasteiger partial charge in [0.15, 0.2) is 0 Å². The lowest BCUT2D eigenvalue weighted by molar-refractivity contribution is 1.37. The smallest absolute Gasteiger partial charge is 0.0619 e. The Bertz CT molecular complexity index is 198. The summed E-state index contributed by atoms with van der Waals surface area (Å²) < 4.78 is 1.22. The molecular weight excluding hydrogens is 175 g/mol. The molecule has 0 fully saturated rings. The average molecular weight is 183 g/mol. The van der Waals surface area contributed by atoms with E-state index in [1.54, 1.807) is 0 Å². The quantitative estimate of drug-likeness (QED) is 0.579. The van der Waals surface area contributed by atoms with Gasteiger partial charge in [0, 0.05) is 4.47 Å². The van der Waals surface area contributed by atoms with Gasteiger partial charge in [-0.1, -0.05) is 40.4 Å². The van der Waals surface area contributed by atoms with Crippen molar-refractivity contribution in [2.24, 2.45) is 0 Å². The summed E-state index contributed by atoms with van der Waals surface area (Å²) in [5.74, 6) is 0. The van der Waals surface area contributed by atoms with Crippen molar-refractivity contribution in [3.8, 4) is 0 Å². The van der Waals surface area contributed by atoms with Crippen molar-refractivity contribution < 1.29 is 0 Å². The van der Waals surface area contributed by atoms with Gasteiger partial charge in [-0.3, -0.25) is 0 Å². The van der Waals surface area contributed by atoms with Crippen LogP contribution in [0.3, 0.4) is 0 Å². The van der Waals surface area contributed by atoms with Gasteiger partial charge in [-0.15, -0.1) is 0 Å². The molecule has 1 aromatic carbocycles. The molecule has 46 valence electrons. The molecule has 0 bridgehead atoms. The van der Waals surface area contributed by atoms with E-state index in [0.717, 1.165) is 6.32 Å². The lowest BCUT2D eigenvalue weighted by Gasteiger charge is -1.96. The fourth-order valence-electron chi connectivity index (χ4n) is 0.785. The van der Waals surface area contributed by atoms with E-state index in [9.17, 15) is 0 Å². The fourth-order valence-corrected chi connectivity index (χ4v) is 1.35. The highest BCUT2D eigenvalue weighted by Crippen LogP contribution is 2.14. The van der Waals surface area contributed by atoms with E-state index >= 15 is 0 Å². The highest BCUT2D eigenvalue weighted by atomic mass is 79.9. The monoisotopic (exact) mass is 182 g/mol. The van der Waals surface area contributed by atoms with Crippen LogP contribution in [0.2, 0.25) is 0 Å². The molecule has 0 heterocycles. The van der Waals surface area contributed by atoms with Crippen molar-refractivity contribution in [2.75, 3.05) is 0 Å². The molecule has 0 amide bonds. The molecule has 0 unspecified atom stereocenters. The van der Waals surface area contributed by atoms with E-state index in [2.05, 4.69) is 42.0 Å². The van der Waals surface area contributed by atoms with Crippen molar-refractivity contribution in [1.82, 2.24) is 0 Å². The van der Waals surface area contributed by atoms with Crippen molar-refractivity contribution >= 4 is 23.8 Å². The van der Waals surface area contributed by atoms with Gasteiger partial charge in [0.05, 0.1) is 0 Å². The van der Waals surface area contributed by atoms with Crippen molar-refractivity contribution in [3.05, 3.63) is 34.3 Å². The SMILES string of the molecule is BCc1ccccc1Br. The molecule has 0 radical (unpaired) electrons. The largest absolute Gasteiger partial charge is 0.107 e. The van der Waals surface area contributed by atoms with Gasteiger partial charge in [-0.2, -0.15) is 0 Å². The van der Waals surface area contributed by atoms with E-state index in [1.165, 1.54) is 10.0 Å². The fraction of sp³-hybridized carbons (Fsp3) is 0.143. The second-order valence-corrected chi connectivity index (χ2v) is 2.80. The number of hydrogen-bond donors (Lipinski definition) is 0. The molecule has 9 heavy (non-hydrogen) atoms. The molecule has 0 N–H and O–H groups in total. The molecule has 0 aromatic heterocycles. The van der Waals surface area contributed by atoms with E-state index in [0.29, 0.717) is 0 Å². The molecule has 0 aliphatic heterocycles. The van der Waals surface area contributed by atoms with Gasteiger partial charge < -0.3 is 0 Å². The van der Waals surface area contributed by atoms with Crippen molar-refractivity contribution in [2.45, 2.75) is 6.32 Å². The summed E-state index contributed by atoms with van der Waals surface area (Å²) in [6.07, 6.45) is 1.10. The molecule has 0 saturated carbocycles. The van der Waals surface area contributed by atoms with Crippen LogP contribution in [0.25, 0.3) is 0 Å². The van der Waals surface area contributed by atoms with Crippen LogP contribution in [0.5, 0.6) is 0 Å². The highest BCUT2D eigenvalue weighted by molar-refractivity contribution is 9.10. The normalized spacial score (nSPS) is 9.44. The van der Waals surface area contributed by atoms with E-state index in [-0.39, 0.29) is 0 Å². The minimum atomic E-state index is 1.10. The first-order valence-corrected chi connectivity index (χ1v) is 3.87. The predicted octanol–water partition coefficient (Wildman–Crippen LogP) is 1.58. The lowest BCUT2D eigenvalue weighted by Crippen LogP contribution is -1.82. The van der Waals surface area contributed by atoms with Crippen LogP contribution in [-0.4, -0.2) is 7.85 Å². The summed E-state index contributed by atoms with van der Waals surface area (Å²) in [5, 5.41) is 0. The van der Waals surface area contributed by atoms with Gasteiger partial charge in [-0.05, 0) is 11.6 Å². The maximum atomic E-state index is 3.46. The minimum Gasteiger partial charge on any atom is -0.0619 e. The molecule has 0 nitrogen and oxygen atoms in total. The van der Waals surface area contributed by atoms with Crippen LogP contribution in [0.4, 0.5) is 0 Å². The summed E-state index contributed by atoms with van der Waals surface area (Å²) in [4.78, 5) is 0. The topological polar surface area (TPSA) is 0 Å².